The van der Waals surface area contributed by atoms with E-state index >= 15 is 0 Å². The second kappa shape index (κ2) is 5.30. The van der Waals surface area contributed by atoms with Crippen LogP contribution in [-0.2, 0) is 4.74 Å². The fourth-order valence-corrected chi connectivity index (χ4v) is 0.741. The van der Waals surface area contributed by atoms with Crippen LogP contribution in [0.4, 0.5) is 4.79 Å². The summed E-state index contributed by atoms with van der Waals surface area (Å²) < 4.78 is 4.70. The van der Waals surface area contributed by atoms with Crippen LogP contribution in [0.1, 0.15) is 19.8 Å². The summed E-state index contributed by atoms with van der Waals surface area (Å²) in [6, 6.07) is 0. The van der Waals surface area contributed by atoms with Crippen LogP contribution < -0.4 is 0 Å². The number of carbonyl (C=O) groups is 1. The molecule has 58 valence electrons. The monoisotopic (exact) mass is 162 g/mol. The van der Waals surface area contributed by atoms with Crippen LogP contribution in [0.5, 0.6) is 0 Å². The molecule has 1 atom stereocenters. The first-order valence-corrected chi connectivity index (χ1v) is 3.55. The Morgan fingerprint density at radius 1 is 1.90 bits per heavy atom. The normalized spacial score (nSPS) is 12.2. The molecule has 0 rings (SSSR count). The van der Waals surface area contributed by atoms with E-state index in [1.165, 1.54) is 0 Å². The summed E-state index contributed by atoms with van der Waals surface area (Å²) in [5.41, 5.74) is -0.742. The quantitative estimate of drug-likeness (QED) is 0.469. The van der Waals surface area contributed by atoms with Crippen molar-refractivity contribution in [2.45, 2.75) is 25.9 Å². The lowest BCUT2D eigenvalue weighted by atomic mass is 10.2. The molecule has 0 saturated carbocycles. The number of halogens is 1. The second-order valence-corrected chi connectivity index (χ2v) is 2.22. The van der Waals surface area contributed by atoms with Gasteiger partial charge in [-0.25, -0.2) is 4.79 Å². The maximum atomic E-state index is 10.2. The number of ether oxygens (including phenoxy) is 1. The number of hydrogen-bond acceptors (Lipinski definition) is 2. The third-order valence-electron chi connectivity index (χ3n) is 1.14. The minimum atomic E-state index is -0.742. The lowest BCUT2D eigenvalue weighted by Gasteiger charge is -2.10. The van der Waals surface area contributed by atoms with Crippen molar-refractivity contribution >= 4 is 17.0 Å². The molecule has 0 fully saturated rings. The fraction of sp³-hybridized carbons (Fsp3) is 0.571. The van der Waals surface area contributed by atoms with Gasteiger partial charge < -0.3 is 4.74 Å². The lowest BCUT2D eigenvalue weighted by molar-refractivity contribution is 0.120. The third-order valence-corrected chi connectivity index (χ3v) is 1.23. The predicted molar refractivity (Wildman–Crippen MR) is 41.2 cm³/mol. The molecule has 0 aliphatic heterocycles. The van der Waals surface area contributed by atoms with Gasteiger partial charge in [0.25, 0.3) is 0 Å². The molecule has 10 heavy (non-hydrogen) atoms. The number of hydrogen-bond donors (Lipinski definition) is 0. The largest absolute Gasteiger partial charge is 0.450 e. The summed E-state index contributed by atoms with van der Waals surface area (Å²) in [5, 5.41) is 0. The summed E-state index contributed by atoms with van der Waals surface area (Å²) >= 11 is 4.99. The van der Waals surface area contributed by atoms with Crippen molar-refractivity contribution in [2.24, 2.45) is 0 Å². The van der Waals surface area contributed by atoms with E-state index < -0.39 is 5.43 Å². The Bertz CT molecular complexity index is 123. The molecule has 0 bridgehead atoms. The summed E-state index contributed by atoms with van der Waals surface area (Å²) in [4.78, 5) is 10.2. The first kappa shape index (κ1) is 9.50. The van der Waals surface area contributed by atoms with E-state index in [1.807, 2.05) is 6.92 Å². The van der Waals surface area contributed by atoms with E-state index in [-0.39, 0.29) is 6.10 Å². The maximum absolute atomic E-state index is 10.2. The zero-order valence-electron chi connectivity index (χ0n) is 5.97. The van der Waals surface area contributed by atoms with Gasteiger partial charge in [-0.2, -0.15) is 0 Å². The zero-order chi connectivity index (χ0) is 7.98. The van der Waals surface area contributed by atoms with Gasteiger partial charge >= 0.3 is 5.43 Å². The van der Waals surface area contributed by atoms with Gasteiger partial charge in [-0.3, -0.25) is 0 Å². The Balaban J connectivity index is 3.59. The van der Waals surface area contributed by atoms with Gasteiger partial charge in [-0.05, 0) is 6.42 Å². The molecule has 0 saturated heterocycles. The minimum Gasteiger partial charge on any atom is -0.450 e. The van der Waals surface area contributed by atoms with Gasteiger partial charge in [-0.15, -0.1) is 6.58 Å². The molecule has 0 heterocycles. The molecule has 2 nitrogen and oxygen atoms in total. The minimum absolute atomic E-state index is 0.109. The van der Waals surface area contributed by atoms with Crippen molar-refractivity contribution in [3.63, 3.8) is 0 Å². The molecule has 0 aliphatic rings. The SMILES string of the molecule is C=CCC(CC)OC(=O)Cl. The Labute approximate surface area is 65.8 Å². The fourth-order valence-electron chi connectivity index (χ4n) is 0.615. The van der Waals surface area contributed by atoms with E-state index in [9.17, 15) is 4.79 Å². The topological polar surface area (TPSA) is 26.3 Å². The maximum Gasteiger partial charge on any atom is 0.404 e. The van der Waals surface area contributed by atoms with Crippen LogP contribution in [0.3, 0.4) is 0 Å². The van der Waals surface area contributed by atoms with E-state index in [2.05, 4.69) is 6.58 Å². The molecule has 1 unspecified atom stereocenters. The summed E-state index contributed by atoms with van der Waals surface area (Å²) in [5.74, 6) is 0. The van der Waals surface area contributed by atoms with E-state index in [0.29, 0.717) is 6.42 Å². The standard InChI is InChI=1S/C7H11ClO2/c1-3-5-6(4-2)10-7(8)9/h3,6H,1,4-5H2,2H3. The highest BCUT2D eigenvalue weighted by Gasteiger charge is 2.07. The number of carbonyl (C=O) groups excluding carboxylic acids is 1. The smallest absolute Gasteiger partial charge is 0.404 e. The third kappa shape index (κ3) is 4.39. The Hall–Kier alpha value is -0.500. The molecular formula is C7H11ClO2. The average molecular weight is 163 g/mol. The van der Waals surface area contributed by atoms with Crippen LogP contribution in [0, 0.1) is 0 Å². The van der Waals surface area contributed by atoms with E-state index in [4.69, 9.17) is 16.3 Å². The van der Waals surface area contributed by atoms with Crippen LogP contribution >= 0.6 is 11.6 Å². The van der Waals surface area contributed by atoms with Gasteiger partial charge in [0, 0.05) is 18.0 Å². The van der Waals surface area contributed by atoms with E-state index in [1.54, 1.807) is 6.08 Å². The van der Waals surface area contributed by atoms with Gasteiger partial charge in [0.1, 0.15) is 6.10 Å². The summed E-state index contributed by atoms with van der Waals surface area (Å²) in [6.45, 7) is 5.45. The first-order chi connectivity index (χ1) is 4.70. The van der Waals surface area contributed by atoms with Crippen molar-refractivity contribution in [3.8, 4) is 0 Å². The van der Waals surface area contributed by atoms with Crippen molar-refractivity contribution in [3.05, 3.63) is 12.7 Å². The Morgan fingerprint density at radius 3 is 2.80 bits per heavy atom. The molecule has 3 heteroatoms. The van der Waals surface area contributed by atoms with Crippen molar-refractivity contribution in [1.29, 1.82) is 0 Å². The highest BCUT2D eigenvalue weighted by molar-refractivity contribution is 6.61. The molecule has 0 aromatic carbocycles. The van der Waals surface area contributed by atoms with Crippen LogP contribution in [0.15, 0.2) is 12.7 Å². The first-order valence-electron chi connectivity index (χ1n) is 3.17. The summed E-state index contributed by atoms with van der Waals surface area (Å²) in [7, 11) is 0. The highest BCUT2D eigenvalue weighted by atomic mass is 35.5. The van der Waals surface area contributed by atoms with Gasteiger partial charge in [0.2, 0.25) is 0 Å². The zero-order valence-corrected chi connectivity index (χ0v) is 6.73. The predicted octanol–water partition coefficient (Wildman–Crippen LogP) is 2.72. The Kier molecular flexibility index (Phi) is 5.03. The van der Waals surface area contributed by atoms with Crippen LogP contribution in [0.2, 0.25) is 0 Å². The molecule has 0 N–H and O–H groups in total. The van der Waals surface area contributed by atoms with Crippen LogP contribution in [-0.4, -0.2) is 11.5 Å². The molecule has 0 radical (unpaired) electrons. The molecule has 0 aliphatic carbocycles. The molecule has 0 aromatic heterocycles. The molecular weight excluding hydrogens is 152 g/mol. The van der Waals surface area contributed by atoms with Crippen LogP contribution in [0.25, 0.3) is 0 Å². The molecule has 0 spiro atoms. The second-order valence-electron chi connectivity index (χ2n) is 1.91. The molecule has 0 amide bonds. The van der Waals surface area contributed by atoms with Gasteiger partial charge in [0.15, 0.2) is 0 Å². The van der Waals surface area contributed by atoms with Gasteiger partial charge in [0.05, 0.1) is 0 Å². The van der Waals surface area contributed by atoms with Gasteiger partial charge in [-0.1, -0.05) is 13.0 Å². The van der Waals surface area contributed by atoms with E-state index in [0.717, 1.165) is 6.42 Å². The van der Waals surface area contributed by atoms with Crippen molar-refractivity contribution in [1.82, 2.24) is 0 Å². The highest BCUT2D eigenvalue weighted by Crippen LogP contribution is 2.05. The van der Waals surface area contributed by atoms with Crippen molar-refractivity contribution in [2.75, 3.05) is 0 Å². The lowest BCUT2D eigenvalue weighted by Crippen LogP contribution is -2.11. The summed E-state index contributed by atoms with van der Waals surface area (Å²) in [6.07, 6.45) is 3.02. The molecule has 0 aromatic rings. The Morgan fingerprint density at radius 2 is 2.50 bits per heavy atom. The van der Waals surface area contributed by atoms with Crippen molar-refractivity contribution < 1.29 is 9.53 Å². The average Bonchev–Trinajstić information content (AvgIpc) is 1.86. The number of rotatable bonds is 4.